The van der Waals surface area contributed by atoms with Gasteiger partial charge >= 0.3 is 0 Å². The molecule has 1 aromatic rings. The van der Waals surface area contributed by atoms with Crippen LogP contribution in [0.1, 0.15) is 18.9 Å². The molecule has 0 spiro atoms. The first kappa shape index (κ1) is 13.5. The summed E-state index contributed by atoms with van der Waals surface area (Å²) in [5, 5.41) is 5.91. The lowest BCUT2D eigenvalue weighted by Gasteiger charge is -2.10. The summed E-state index contributed by atoms with van der Waals surface area (Å²) in [5.74, 6) is 0.881. The van der Waals surface area contributed by atoms with E-state index < -0.39 is 0 Å². The third-order valence-electron chi connectivity index (χ3n) is 2.63. The Bertz CT molecular complexity index is 349. The van der Waals surface area contributed by atoms with Gasteiger partial charge in [-0.1, -0.05) is 12.1 Å². The summed E-state index contributed by atoms with van der Waals surface area (Å²) >= 11 is 0. The summed E-state index contributed by atoms with van der Waals surface area (Å²) in [6, 6.07) is 7.86. The van der Waals surface area contributed by atoms with E-state index >= 15 is 0 Å². The fraction of sp³-hybridized carbons (Fsp3) is 0.462. The Hall–Kier alpha value is -1.55. The summed E-state index contributed by atoms with van der Waals surface area (Å²) in [5.41, 5.74) is 1.07. The molecule has 0 radical (unpaired) electrons. The second-order valence-corrected chi connectivity index (χ2v) is 4.02. The van der Waals surface area contributed by atoms with Crippen molar-refractivity contribution in [1.82, 2.24) is 10.6 Å². The lowest BCUT2D eigenvalue weighted by molar-refractivity contribution is -0.121. The molecule has 0 aromatic heterocycles. The first-order valence-electron chi connectivity index (χ1n) is 5.72. The first-order chi connectivity index (χ1) is 8.15. The number of hydrogen-bond donors (Lipinski definition) is 2. The minimum atomic E-state index is 0.0580. The van der Waals surface area contributed by atoms with Crippen molar-refractivity contribution in [3.63, 3.8) is 0 Å². The zero-order chi connectivity index (χ0) is 12.7. The monoisotopic (exact) mass is 236 g/mol. The normalized spacial score (nSPS) is 11.9. The second-order valence-electron chi connectivity index (χ2n) is 4.02. The van der Waals surface area contributed by atoms with Crippen LogP contribution < -0.4 is 15.4 Å². The standard InChI is InChI=1S/C13H20N2O2/c1-10(14-2)8-13(16)15-9-11-4-6-12(17-3)7-5-11/h4-7,10,14H,8-9H2,1-3H3,(H,15,16). The van der Waals surface area contributed by atoms with Gasteiger partial charge in [0.05, 0.1) is 7.11 Å². The third kappa shape index (κ3) is 4.87. The van der Waals surface area contributed by atoms with Crippen LogP contribution in [0.4, 0.5) is 0 Å². The zero-order valence-electron chi connectivity index (χ0n) is 10.6. The molecule has 4 heteroatoms. The van der Waals surface area contributed by atoms with Crippen molar-refractivity contribution < 1.29 is 9.53 Å². The van der Waals surface area contributed by atoms with Crippen molar-refractivity contribution >= 4 is 5.91 Å². The second kappa shape index (κ2) is 6.91. The molecule has 1 unspecified atom stereocenters. The lowest BCUT2D eigenvalue weighted by Crippen LogP contribution is -2.31. The van der Waals surface area contributed by atoms with Crippen LogP contribution in [0.5, 0.6) is 5.75 Å². The molecule has 17 heavy (non-hydrogen) atoms. The van der Waals surface area contributed by atoms with E-state index in [1.54, 1.807) is 7.11 Å². The van der Waals surface area contributed by atoms with E-state index in [1.165, 1.54) is 0 Å². The fourth-order valence-corrected chi connectivity index (χ4v) is 1.40. The van der Waals surface area contributed by atoms with Crippen LogP contribution in [0.2, 0.25) is 0 Å². The van der Waals surface area contributed by atoms with E-state index in [4.69, 9.17) is 4.74 Å². The van der Waals surface area contributed by atoms with E-state index in [0.29, 0.717) is 13.0 Å². The predicted molar refractivity (Wildman–Crippen MR) is 68.0 cm³/mol. The Morgan fingerprint density at radius 2 is 2.00 bits per heavy atom. The summed E-state index contributed by atoms with van der Waals surface area (Å²) in [6.07, 6.45) is 0.493. The number of hydrogen-bond acceptors (Lipinski definition) is 3. The number of amides is 1. The highest BCUT2D eigenvalue weighted by atomic mass is 16.5. The lowest BCUT2D eigenvalue weighted by atomic mass is 10.2. The van der Waals surface area contributed by atoms with Gasteiger partial charge in [0.25, 0.3) is 0 Å². The fourth-order valence-electron chi connectivity index (χ4n) is 1.40. The topological polar surface area (TPSA) is 50.4 Å². The molecule has 4 nitrogen and oxygen atoms in total. The number of methoxy groups -OCH3 is 1. The van der Waals surface area contributed by atoms with Gasteiger partial charge in [-0.25, -0.2) is 0 Å². The number of carbonyl (C=O) groups excluding carboxylic acids is 1. The molecule has 1 atom stereocenters. The number of ether oxygens (including phenoxy) is 1. The van der Waals surface area contributed by atoms with Gasteiger partial charge in [0, 0.05) is 19.0 Å². The maximum absolute atomic E-state index is 11.5. The summed E-state index contributed by atoms with van der Waals surface area (Å²) in [7, 11) is 3.48. The Morgan fingerprint density at radius 3 is 2.53 bits per heavy atom. The average molecular weight is 236 g/mol. The molecule has 0 heterocycles. The van der Waals surface area contributed by atoms with E-state index in [2.05, 4.69) is 10.6 Å². The van der Waals surface area contributed by atoms with Crippen molar-refractivity contribution in [2.75, 3.05) is 14.2 Å². The zero-order valence-corrected chi connectivity index (χ0v) is 10.6. The Morgan fingerprint density at radius 1 is 1.35 bits per heavy atom. The molecule has 0 aliphatic rings. The molecule has 0 aliphatic carbocycles. The van der Waals surface area contributed by atoms with Crippen LogP contribution in [0.25, 0.3) is 0 Å². The van der Waals surface area contributed by atoms with Crippen molar-refractivity contribution in [2.24, 2.45) is 0 Å². The van der Waals surface area contributed by atoms with Gasteiger partial charge in [-0.15, -0.1) is 0 Å². The van der Waals surface area contributed by atoms with Crippen LogP contribution in [0, 0.1) is 0 Å². The van der Waals surface area contributed by atoms with Crippen LogP contribution in [0.3, 0.4) is 0 Å². The largest absolute Gasteiger partial charge is 0.497 e. The average Bonchev–Trinajstić information content (AvgIpc) is 2.36. The molecule has 2 N–H and O–H groups in total. The molecule has 0 bridgehead atoms. The van der Waals surface area contributed by atoms with Crippen molar-refractivity contribution in [1.29, 1.82) is 0 Å². The van der Waals surface area contributed by atoms with E-state index in [9.17, 15) is 4.79 Å². The summed E-state index contributed by atoms with van der Waals surface area (Å²) in [4.78, 5) is 11.5. The Kier molecular flexibility index (Phi) is 5.49. The number of rotatable bonds is 6. The number of carbonyl (C=O) groups is 1. The highest BCUT2D eigenvalue weighted by Crippen LogP contribution is 2.10. The maximum atomic E-state index is 11.5. The molecule has 1 aromatic carbocycles. The molecule has 0 saturated heterocycles. The van der Waals surface area contributed by atoms with Gasteiger partial charge in [-0.2, -0.15) is 0 Å². The van der Waals surface area contributed by atoms with Crippen LogP contribution in [0.15, 0.2) is 24.3 Å². The molecule has 0 saturated carbocycles. The molecule has 0 aliphatic heterocycles. The molecule has 0 fully saturated rings. The van der Waals surface area contributed by atoms with Gasteiger partial charge < -0.3 is 15.4 Å². The molecular weight excluding hydrogens is 216 g/mol. The molecule has 1 rings (SSSR count). The quantitative estimate of drug-likeness (QED) is 0.783. The van der Waals surface area contributed by atoms with Gasteiger partial charge in [-0.3, -0.25) is 4.79 Å². The summed E-state index contributed by atoms with van der Waals surface area (Å²) in [6.45, 7) is 2.53. The highest BCUT2D eigenvalue weighted by molar-refractivity contribution is 5.76. The Labute approximate surface area is 102 Å². The van der Waals surface area contributed by atoms with Gasteiger partial charge in [0.2, 0.25) is 5.91 Å². The van der Waals surface area contributed by atoms with Crippen molar-refractivity contribution in [3.05, 3.63) is 29.8 Å². The Balaban J connectivity index is 2.36. The first-order valence-corrected chi connectivity index (χ1v) is 5.72. The van der Waals surface area contributed by atoms with Gasteiger partial charge in [0.1, 0.15) is 5.75 Å². The van der Waals surface area contributed by atoms with Crippen molar-refractivity contribution in [2.45, 2.75) is 25.9 Å². The highest BCUT2D eigenvalue weighted by Gasteiger charge is 2.06. The van der Waals surface area contributed by atoms with E-state index in [-0.39, 0.29) is 11.9 Å². The smallest absolute Gasteiger partial charge is 0.221 e. The maximum Gasteiger partial charge on any atom is 0.221 e. The van der Waals surface area contributed by atoms with E-state index in [1.807, 2.05) is 38.2 Å². The molecule has 1 amide bonds. The van der Waals surface area contributed by atoms with Crippen molar-refractivity contribution in [3.8, 4) is 5.75 Å². The predicted octanol–water partition coefficient (Wildman–Crippen LogP) is 1.31. The number of benzene rings is 1. The minimum absolute atomic E-state index is 0.0580. The van der Waals surface area contributed by atoms with E-state index in [0.717, 1.165) is 11.3 Å². The van der Waals surface area contributed by atoms with Gasteiger partial charge in [-0.05, 0) is 31.7 Å². The molecular formula is C13H20N2O2. The molecule has 94 valence electrons. The minimum Gasteiger partial charge on any atom is -0.497 e. The van der Waals surface area contributed by atoms with Gasteiger partial charge in [0.15, 0.2) is 0 Å². The number of nitrogens with one attached hydrogen (secondary N) is 2. The van der Waals surface area contributed by atoms with Crippen LogP contribution in [-0.2, 0) is 11.3 Å². The van der Waals surface area contributed by atoms with Crippen LogP contribution >= 0.6 is 0 Å². The van der Waals surface area contributed by atoms with Crippen LogP contribution in [-0.4, -0.2) is 26.1 Å². The summed E-state index contributed by atoms with van der Waals surface area (Å²) < 4.78 is 5.07. The SMILES string of the molecule is CNC(C)CC(=O)NCc1ccc(OC)cc1. The third-order valence-corrected chi connectivity index (χ3v) is 2.63.